The van der Waals surface area contributed by atoms with E-state index >= 15 is 0 Å². The minimum Gasteiger partial charge on any atom is -0.348 e. The highest BCUT2D eigenvalue weighted by Crippen LogP contribution is 2.08. The summed E-state index contributed by atoms with van der Waals surface area (Å²) in [5.41, 5.74) is 6.21. The van der Waals surface area contributed by atoms with Crippen molar-refractivity contribution in [3.63, 3.8) is 0 Å². The van der Waals surface area contributed by atoms with Crippen molar-refractivity contribution in [2.45, 2.75) is 6.92 Å². The van der Waals surface area contributed by atoms with Gasteiger partial charge in [-0.2, -0.15) is 0 Å². The molecular weight excluding hydrogens is 152 g/mol. The van der Waals surface area contributed by atoms with Gasteiger partial charge in [-0.3, -0.25) is 5.73 Å². The maximum absolute atomic E-state index is 9.05. The lowest BCUT2D eigenvalue weighted by Crippen LogP contribution is -2.35. The Labute approximate surface area is 63.6 Å². The van der Waals surface area contributed by atoms with Gasteiger partial charge in [0.05, 0.1) is 0 Å². The standard InChI is InChI=1S/C6H7ClN2O/c1-4-2-3-5(7)9(10)6(4)8/h2-3,8,10H,1H3/p+1. The van der Waals surface area contributed by atoms with E-state index in [9.17, 15) is 0 Å². The van der Waals surface area contributed by atoms with Gasteiger partial charge in [-0.25, -0.2) is 0 Å². The predicted octanol–water partition coefficient (Wildman–Crippen LogP) is 0.755. The van der Waals surface area contributed by atoms with Crippen molar-refractivity contribution in [1.29, 1.82) is 0 Å². The van der Waals surface area contributed by atoms with E-state index < -0.39 is 0 Å². The van der Waals surface area contributed by atoms with Gasteiger partial charge in [0.25, 0.3) is 0 Å². The Bertz CT molecular complexity index is 235. The topological polar surface area (TPSA) is 50.1 Å². The summed E-state index contributed by atoms with van der Waals surface area (Å²) in [5.74, 6) is 0.271. The number of aryl methyl sites for hydroxylation is 1. The molecule has 0 aliphatic carbocycles. The Morgan fingerprint density at radius 1 is 1.60 bits per heavy atom. The van der Waals surface area contributed by atoms with Crippen LogP contribution in [0.4, 0.5) is 5.82 Å². The second-order valence-electron chi connectivity index (χ2n) is 2.04. The van der Waals surface area contributed by atoms with E-state index in [1.54, 1.807) is 19.1 Å². The van der Waals surface area contributed by atoms with Gasteiger partial charge in [0.2, 0.25) is 5.15 Å². The average Bonchev–Trinajstić information content (AvgIpc) is 1.93. The molecule has 3 N–H and O–H groups in total. The summed E-state index contributed by atoms with van der Waals surface area (Å²) in [6, 6.07) is 3.32. The molecule has 0 spiro atoms. The largest absolute Gasteiger partial charge is 0.348 e. The van der Waals surface area contributed by atoms with Gasteiger partial charge in [-0.1, -0.05) is 0 Å². The minimum absolute atomic E-state index is 0.211. The Kier molecular flexibility index (Phi) is 1.68. The highest BCUT2D eigenvalue weighted by atomic mass is 35.5. The maximum atomic E-state index is 9.05. The molecule has 0 bridgehead atoms. The second kappa shape index (κ2) is 2.34. The molecule has 0 saturated heterocycles. The molecule has 10 heavy (non-hydrogen) atoms. The van der Waals surface area contributed by atoms with Gasteiger partial charge >= 0.3 is 5.82 Å². The summed E-state index contributed by atoms with van der Waals surface area (Å²) < 4.78 is 0.747. The molecule has 0 aliphatic heterocycles. The van der Waals surface area contributed by atoms with Gasteiger partial charge in [-0.05, 0) is 29.3 Å². The predicted molar refractivity (Wildman–Crippen MR) is 38.0 cm³/mol. The van der Waals surface area contributed by atoms with E-state index in [4.69, 9.17) is 22.5 Å². The monoisotopic (exact) mass is 159 g/mol. The number of nitrogens with zero attached hydrogens (tertiary/aromatic N) is 1. The summed E-state index contributed by atoms with van der Waals surface area (Å²) in [5, 5.41) is 9.26. The number of aromatic nitrogens is 1. The number of anilines is 1. The van der Waals surface area contributed by atoms with Crippen LogP contribution in [0.5, 0.6) is 0 Å². The van der Waals surface area contributed by atoms with Crippen molar-refractivity contribution in [2.24, 2.45) is 0 Å². The number of pyridine rings is 1. The summed E-state index contributed by atoms with van der Waals surface area (Å²) in [7, 11) is 0. The zero-order valence-corrected chi connectivity index (χ0v) is 6.26. The van der Waals surface area contributed by atoms with Crippen molar-refractivity contribution in [1.82, 2.24) is 0 Å². The smallest absolute Gasteiger partial charge is 0.316 e. The van der Waals surface area contributed by atoms with E-state index in [0.29, 0.717) is 0 Å². The number of hydrogen-bond donors (Lipinski definition) is 2. The third-order valence-corrected chi connectivity index (χ3v) is 1.59. The number of rotatable bonds is 0. The van der Waals surface area contributed by atoms with Crippen LogP contribution in [-0.2, 0) is 0 Å². The molecule has 0 aliphatic rings. The third-order valence-electron chi connectivity index (χ3n) is 1.31. The van der Waals surface area contributed by atoms with Crippen LogP contribution in [0.15, 0.2) is 12.1 Å². The molecule has 1 aromatic heterocycles. The van der Waals surface area contributed by atoms with E-state index in [1.807, 2.05) is 0 Å². The summed E-state index contributed by atoms with van der Waals surface area (Å²) in [6.07, 6.45) is 0. The van der Waals surface area contributed by atoms with Crippen LogP contribution in [0.3, 0.4) is 0 Å². The van der Waals surface area contributed by atoms with Gasteiger partial charge in [0.15, 0.2) is 0 Å². The van der Waals surface area contributed by atoms with Gasteiger partial charge in [0.1, 0.15) is 0 Å². The fraction of sp³-hybridized carbons (Fsp3) is 0.167. The lowest BCUT2D eigenvalue weighted by molar-refractivity contribution is -0.891. The van der Waals surface area contributed by atoms with Crippen molar-refractivity contribution in [3.8, 4) is 0 Å². The van der Waals surface area contributed by atoms with Gasteiger partial charge in [0, 0.05) is 11.6 Å². The zero-order chi connectivity index (χ0) is 7.72. The highest BCUT2D eigenvalue weighted by molar-refractivity contribution is 6.28. The first-order valence-corrected chi connectivity index (χ1v) is 3.16. The second-order valence-corrected chi connectivity index (χ2v) is 2.42. The van der Waals surface area contributed by atoms with Crippen LogP contribution >= 0.6 is 11.6 Å². The number of nitrogens with two attached hydrogens (primary N) is 1. The normalized spacial score (nSPS) is 9.80. The maximum Gasteiger partial charge on any atom is 0.316 e. The first-order chi connectivity index (χ1) is 4.63. The summed E-state index contributed by atoms with van der Waals surface area (Å²) in [6.45, 7) is 1.79. The molecule has 54 valence electrons. The molecule has 0 saturated carbocycles. The highest BCUT2D eigenvalue weighted by Gasteiger charge is 2.09. The Morgan fingerprint density at radius 3 is 2.70 bits per heavy atom. The molecule has 0 amide bonds. The van der Waals surface area contributed by atoms with E-state index in [2.05, 4.69) is 0 Å². The van der Waals surface area contributed by atoms with E-state index in [-0.39, 0.29) is 11.0 Å². The molecule has 3 nitrogen and oxygen atoms in total. The molecule has 1 aromatic rings. The zero-order valence-electron chi connectivity index (χ0n) is 5.50. The van der Waals surface area contributed by atoms with Crippen LogP contribution in [-0.4, -0.2) is 5.21 Å². The molecular formula is C6H8ClN2O+. The lowest BCUT2D eigenvalue weighted by atomic mass is 10.3. The van der Waals surface area contributed by atoms with Crippen LogP contribution in [0, 0.1) is 6.92 Å². The first-order valence-electron chi connectivity index (χ1n) is 2.79. The summed E-state index contributed by atoms with van der Waals surface area (Å²) in [4.78, 5) is 0. The molecule has 4 heteroatoms. The van der Waals surface area contributed by atoms with E-state index in [1.165, 1.54) is 0 Å². The molecule has 0 aromatic carbocycles. The number of nitrogen functional groups attached to an aromatic ring is 1. The van der Waals surface area contributed by atoms with Crippen LogP contribution in [0.1, 0.15) is 5.56 Å². The van der Waals surface area contributed by atoms with Crippen LogP contribution in [0.2, 0.25) is 5.15 Å². The molecule has 0 fully saturated rings. The molecule has 1 rings (SSSR count). The van der Waals surface area contributed by atoms with Crippen molar-refractivity contribution in [3.05, 3.63) is 22.8 Å². The fourth-order valence-electron chi connectivity index (χ4n) is 0.632. The molecule has 0 radical (unpaired) electrons. The Hall–Kier alpha value is -0.960. The van der Waals surface area contributed by atoms with E-state index in [0.717, 1.165) is 10.3 Å². The quantitative estimate of drug-likeness (QED) is 0.334. The summed E-state index contributed by atoms with van der Waals surface area (Å²) >= 11 is 5.52. The molecule has 0 atom stereocenters. The van der Waals surface area contributed by atoms with Gasteiger partial charge < -0.3 is 5.21 Å². The number of halogens is 1. The van der Waals surface area contributed by atoms with Crippen molar-refractivity contribution < 1.29 is 9.94 Å². The van der Waals surface area contributed by atoms with Crippen LogP contribution in [0.25, 0.3) is 0 Å². The molecule has 1 heterocycles. The third kappa shape index (κ3) is 0.998. The lowest BCUT2D eigenvalue weighted by Gasteiger charge is -1.96. The fourth-order valence-corrected chi connectivity index (χ4v) is 0.786. The van der Waals surface area contributed by atoms with Crippen LogP contribution < -0.4 is 10.5 Å². The number of hydrogen-bond acceptors (Lipinski definition) is 2. The minimum atomic E-state index is 0.211. The molecule has 0 unspecified atom stereocenters. The first kappa shape index (κ1) is 7.15. The average molecular weight is 160 g/mol. The SMILES string of the molecule is Cc1ccc(Cl)[n+](O)c1N. The Balaban J connectivity index is 3.34. The van der Waals surface area contributed by atoms with Crippen molar-refractivity contribution in [2.75, 3.05) is 5.73 Å². The Morgan fingerprint density at radius 2 is 2.20 bits per heavy atom. The van der Waals surface area contributed by atoms with Crippen molar-refractivity contribution >= 4 is 17.4 Å². The van der Waals surface area contributed by atoms with Gasteiger partial charge in [-0.15, -0.1) is 0 Å².